The quantitative estimate of drug-likeness (QED) is 0.615. The molecule has 2 aromatic carbocycles. The number of aromatic hydroxyl groups is 1. The second-order valence-electron chi connectivity index (χ2n) is 6.30. The number of phenols is 1. The third kappa shape index (κ3) is 5.77. The van der Waals surface area contributed by atoms with E-state index in [0.29, 0.717) is 11.3 Å². The number of hydrogen-bond acceptors (Lipinski definition) is 5. The highest BCUT2D eigenvalue weighted by Crippen LogP contribution is 2.34. The van der Waals surface area contributed by atoms with Crippen molar-refractivity contribution in [2.45, 2.75) is 20.0 Å². The van der Waals surface area contributed by atoms with Gasteiger partial charge in [0.05, 0.1) is 7.11 Å². The van der Waals surface area contributed by atoms with Crippen molar-refractivity contribution in [1.29, 1.82) is 0 Å². The first-order chi connectivity index (χ1) is 13.3. The first-order valence-electron chi connectivity index (χ1n) is 8.62. The van der Waals surface area contributed by atoms with Crippen LogP contribution in [-0.4, -0.2) is 29.4 Å². The molecule has 3 N–H and O–H groups in total. The van der Waals surface area contributed by atoms with E-state index in [1.54, 1.807) is 31.2 Å². The maximum atomic E-state index is 12.4. The van der Waals surface area contributed by atoms with Gasteiger partial charge >= 0.3 is 12.1 Å². The van der Waals surface area contributed by atoms with E-state index >= 15 is 0 Å². The molecule has 2 aromatic rings. The molecule has 0 fully saturated rings. The predicted octanol–water partition coefficient (Wildman–Crippen LogP) is 4.28. The number of benzene rings is 2. The Bertz CT molecular complexity index is 860. The summed E-state index contributed by atoms with van der Waals surface area (Å²) >= 11 is 0. The van der Waals surface area contributed by atoms with Crippen molar-refractivity contribution >= 4 is 17.7 Å². The number of carbonyl (C=O) groups is 2. The summed E-state index contributed by atoms with van der Waals surface area (Å²) in [5, 5.41) is 21.5. The average Bonchev–Trinajstić information content (AvgIpc) is 2.66. The molecule has 0 saturated carbocycles. The molecule has 0 heterocycles. The van der Waals surface area contributed by atoms with Crippen molar-refractivity contribution in [2.75, 3.05) is 12.4 Å². The SMILES string of the molecule is COc1ccc([C@H](OC(=O)Nc2ccc(C)cc2)[C@H](C)/C=C/C(=O)O)cc1O. The zero-order valence-corrected chi connectivity index (χ0v) is 15.9. The van der Waals surface area contributed by atoms with Crippen molar-refractivity contribution in [3.05, 3.63) is 65.7 Å². The summed E-state index contributed by atoms with van der Waals surface area (Å²) in [7, 11) is 1.43. The molecule has 0 aromatic heterocycles. The lowest BCUT2D eigenvalue weighted by atomic mass is 9.96. The van der Waals surface area contributed by atoms with Gasteiger partial charge in [-0.3, -0.25) is 5.32 Å². The first kappa shape index (κ1) is 20.8. The van der Waals surface area contributed by atoms with Crippen molar-refractivity contribution in [3.8, 4) is 11.5 Å². The average molecular weight is 385 g/mol. The summed E-state index contributed by atoms with van der Waals surface area (Å²) in [6, 6.07) is 11.8. The van der Waals surface area contributed by atoms with E-state index in [4.69, 9.17) is 14.6 Å². The van der Waals surface area contributed by atoms with E-state index in [-0.39, 0.29) is 11.5 Å². The third-order valence-electron chi connectivity index (χ3n) is 4.08. The molecule has 148 valence electrons. The van der Waals surface area contributed by atoms with E-state index in [1.165, 1.54) is 19.3 Å². The van der Waals surface area contributed by atoms with E-state index in [0.717, 1.165) is 11.6 Å². The summed E-state index contributed by atoms with van der Waals surface area (Å²) in [6.45, 7) is 3.65. The van der Waals surface area contributed by atoms with Gasteiger partial charge in [0.2, 0.25) is 0 Å². The minimum Gasteiger partial charge on any atom is -0.504 e. The van der Waals surface area contributed by atoms with E-state index in [2.05, 4.69) is 5.32 Å². The second kappa shape index (κ2) is 9.45. The minimum absolute atomic E-state index is 0.109. The topological polar surface area (TPSA) is 105 Å². The van der Waals surface area contributed by atoms with Gasteiger partial charge in [-0.25, -0.2) is 9.59 Å². The third-order valence-corrected chi connectivity index (χ3v) is 4.08. The Balaban J connectivity index is 2.24. The number of ether oxygens (including phenoxy) is 2. The fraction of sp³-hybridized carbons (Fsp3) is 0.238. The lowest BCUT2D eigenvalue weighted by Crippen LogP contribution is -2.21. The Kier molecular flexibility index (Phi) is 7.03. The van der Waals surface area contributed by atoms with Crippen molar-refractivity contribution in [2.24, 2.45) is 5.92 Å². The zero-order chi connectivity index (χ0) is 20.7. The largest absolute Gasteiger partial charge is 0.504 e. The van der Waals surface area contributed by atoms with E-state index < -0.39 is 24.1 Å². The number of rotatable bonds is 7. The normalized spacial score (nSPS) is 13.0. The summed E-state index contributed by atoms with van der Waals surface area (Å²) in [5.41, 5.74) is 2.12. The Hall–Kier alpha value is -3.48. The van der Waals surface area contributed by atoms with Crippen LogP contribution in [0.15, 0.2) is 54.6 Å². The van der Waals surface area contributed by atoms with Crippen LogP contribution in [0.5, 0.6) is 11.5 Å². The van der Waals surface area contributed by atoms with Crippen LogP contribution in [0.2, 0.25) is 0 Å². The molecular weight excluding hydrogens is 362 g/mol. The molecule has 0 spiro atoms. The molecule has 0 bridgehead atoms. The number of hydrogen-bond donors (Lipinski definition) is 3. The second-order valence-corrected chi connectivity index (χ2v) is 6.30. The van der Waals surface area contributed by atoms with Crippen molar-refractivity contribution in [3.63, 3.8) is 0 Å². The van der Waals surface area contributed by atoms with Crippen LogP contribution in [0.1, 0.15) is 24.2 Å². The van der Waals surface area contributed by atoms with Gasteiger partial charge in [0.1, 0.15) is 6.10 Å². The van der Waals surface area contributed by atoms with Crippen LogP contribution < -0.4 is 10.1 Å². The van der Waals surface area contributed by atoms with Crippen LogP contribution >= 0.6 is 0 Å². The molecule has 7 nitrogen and oxygen atoms in total. The number of anilines is 1. The van der Waals surface area contributed by atoms with Gasteiger partial charge in [-0.1, -0.05) is 36.8 Å². The number of amides is 1. The number of nitrogens with one attached hydrogen (secondary N) is 1. The van der Waals surface area contributed by atoms with Gasteiger partial charge in [-0.15, -0.1) is 0 Å². The lowest BCUT2D eigenvalue weighted by Gasteiger charge is -2.23. The summed E-state index contributed by atoms with van der Waals surface area (Å²) in [6.07, 6.45) is 0.896. The van der Waals surface area contributed by atoms with Gasteiger partial charge in [0.25, 0.3) is 0 Å². The number of carboxylic acids is 1. The Labute approximate surface area is 163 Å². The fourth-order valence-electron chi connectivity index (χ4n) is 2.60. The Morgan fingerprint density at radius 1 is 1.14 bits per heavy atom. The number of aliphatic carboxylic acids is 1. The Morgan fingerprint density at radius 2 is 1.82 bits per heavy atom. The molecule has 7 heteroatoms. The Morgan fingerprint density at radius 3 is 2.39 bits per heavy atom. The molecule has 1 amide bonds. The van der Waals surface area contributed by atoms with E-state index in [1.807, 2.05) is 19.1 Å². The minimum atomic E-state index is -1.10. The van der Waals surface area contributed by atoms with Gasteiger partial charge < -0.3 is 19.7 Å². The molecule has 0 saturated heterocycles. The van der Waals surface area contributed by atoms with Gasteiger partial charge in [-0.2, -0.15) is 0 Å². The highest BCUT2D eigenvalue weighted by atomic mass is 16.6. The number of carboxylic acid groups (broad SMARTS) is 1. The van der Waals surface area contributed by atoms with Crippen molar-refractivity contribution < 1.29 is 29.3 Å². The molecule has 2 atom stereocenters. The predicted molar refractivity (Wildman–Crippen MR) is 105 cm³/mol. The highest BCUT2D eigenvalue weighted by Gasteiger charge is 2.23. The summed E-state index contributed by atoms with van der Waals surface area (Å²) in [4.78, 5) is 23.2. The summed E-state index contributed by atoms with van der Waals surface area (Å²) in [5.74, 6) is -1.40. The molecule has 0 aliphatic rings. The maximum absolute atomic E-state index is 12.4. The van der Waals surface area contributed by atoms with Crippen molar-refractivity contribution in [1.82, 2.24) is 0 Å². The zero-order valence-electron chi connectivity index (χ0n) is 15.9. The molecule has 0 radical (unpaired) electrons. The monoisotopic (exact) mass is 385 g/mol. The molecule has 0 aliphatic carbocycles. The lowest BCUT2D eigenvalue weighted by molar-refractivity contribution is -0.131. The molecule has 0 aliphatic heterocycles. The molecule has 2 rings (SSSR count). The van der Waals surface area contributed by atoms with Gasteiger partial charge in [-0.05, 0) is 36.8 Å². The first-order valence-corrected chi connectivity index (χ1v) is 8.62. The number of aryl methyl sites for hydroxylation is 1. The van der Waals surface area contributed by atoms with Crippen LogP contribution in [0.25, 0.3) is 0 Å². The molecule has 28 heavy (non-hydrogen) atoms. The van der Waals surface area contributed by atoms with Gasteiger partial charge in [0.15, 0.2) is 11.5 Å². The highest BCUT2D eigenvalue weighted by molar-refractivity contribution is 5.84. The number of methoxy groups -OCH3 is 1. The number of carbonyl (C=O) groups excluding carboxylic acids is 1. The van der Waals surface area contributed by atoms with Crippen LogP contribution in [0.3, 0.4) is 0 Å². The fourth-order valence-corrected chi connectivity index (χ4v) is 2.60. The van der Waals surface area contributed by atoms with Crippen LogP contribution in [-0.2, 0) is 9.53 Å². The number of phenolic OH excluding ortho intramolecular Hbond substituents is 1. The van der Waals surface area contributed by atoms with Crippen LogP contribution in [0, 0.1) is 12.8 Å². The smallest absolute Gasteiger partial charge is 0.412 e. The van der Waals surface area contributed by atoms with E-state index in [9.17, 15) is 14.7 Å². The van der Waals surface area contributed by atoms with Gasteiger partial charge in [0, 0.05) is 17.7 Å². The maximum Gasteiger partial charge on any atom is 0.412 e. The molecule has 0 unspecified atom stereocenters. The summed E-state index contributed by atoms with van der Waals surface area (Å²) < 4.78 is 10.6. The van der Waals surface area contributed by atoms with Crippen LogP contribution in [0.4, 0.5) is 10.5 Å². The molecular formula is C21H23NO6. The standard InChI is InChI=1S/C21H23NO6/c1-13-4-8-16(9-5-13)22-21(26)28-20(14(2)6-11-19(24)25)15-7-10-18(27-3)17(23)12-15/h4-12,14,20,23H,1-3H3,(H,22,26)(H,24,25)/b11-6+/t14-,20-/m1/s1.